The van der Waals surface area contributed by atoms with Crippen LogP contribution in [0.2, 0.25) is 0 Å². The Kier molecular flexibility index (Phi) is 5.99. The molecule has 0 aromatic heterocycles. The summed E-state index contributed by atoms with van der Waals surface area (Å²) in [6.45, 7) is 1.38. The summed E-state index contributed by atoms with van der Waals surface area (Å²) in [5.74, 6) is -1.05. The summed E-state index contributed by atoms with van der Waals surface area (Å²) >= 11 is 0. The van der Waals surface area contributed by atoms with E-state index in [0.29, 0.717) is 11.4 Å². The molecule has 7 nitrogen and oxygen atoms in total. The Morgan fingerprint density at radius 3 is 2.35 bits per heavy atom. The van der Waals surface area contributed by atoms with Crippen molar-refractivity contribution in [2.45, 2.75) is 6.92 Å². The van der Waals surface area contributed by atoms with E-state index in [1.54, 1.807) is 49.4 Å². The zero-order valence-electron chi connectivity index (χ0n) is 14.7. The van der Waals surface area contributed by atoms with E-state index in [1.165, 1.54) is 13.2 Å². The van der Waals surface area contributed by atoms with Gasteiger partial charge in [-0.15, -0.1) is 0 Å². The van der Waals surface area contributed by atoms with Gasteiger partial charge >= 0.3 is 5.97 Å². The molecular weight excluding hydrogens is 356 g/mol. The summed E-state index contributed by atoms with van der Waals surface area (Å²) < 4.78 is 29.8. The van der Waals surface area contributed by atoms with Crippen LogP contribution in [-0.4, -0.2) is 40.2 Å². The lowest BCUT2D eigenvalue weighted by atomic mass is 10.1. The van der Waals surface area contributed by atoms with Gasteiger partial charge in [-0.1, -0.05) is 24.3 Å². The lowest BCUT2D eigenvalue weighted by Crippen LogP contribution is -2.37. The molecule has 26 heavy (non-hydrogen) atoms. The number of aryl methyl sites for hydroxylation is 1. The Bertz CT molecular complexity index is 910. The Labute approximate surface area is 152 Å². The highest BCUT2D eigenvalue weighted by atomic mass is 32.2. The molecule has 0 fully saturated rings. The van der Waals surface area contributed by atoms with Crippen LogP contribution in [0.1, 0.15) is 15.9 Å². The number of carbonyl (C=O) groups is 2. The molecule has 0 atom stereocenters. The van der Waals surface area contributed by atoms with Crippen LogP contribution in [0.25, 0.3) is 0 Å². The molecule has 2 aromatic carbocycles. The second-order valence-corrected chi connectivity index (χ2v) is 7.58. The first kappa shape index (κ1) is 19.5. The largest absolute Gasteiger partial charge is 0.465 e. The summed E-state index contributed by atoms with van der Waals surface area (Å²) in [7, 11) is -2.37. The molecule has 0 saturated carbocycles. The van der Waals surface area contributed by atoms with Crippen molar-refractivity contribution < 1.29 is 22.7 Å². The highest BCUT2D eigenvalue weighted by molar-refractivity contribution is 7.92. The maximum atomic E-state index is 12.4. The van der Waals surface area contributed by atoms with Crippen molar-refractivity contribution in [2.75, 3.05) is 29.5 Å². The molecule has 1 amide bonds. The molecule has 8 heteroatoms. The number of methoxy groups -OCH3 is 1. The number of amides is 1. The number of nitrogens with zero attached hydrogens (tertiary/aromatic N) is 1. The van der Waals surface area contributed by atoms with Gasteiger partial charge < -0.3 is 10.1 Å². The van der Waals surface area contributed by atoms with Crippen LogP contribution in [0.3, 0.4) is 0 Å². The normalized spacial score (nSPS) is 10.9. The quantitative estimate of drug-likeness (QED) is 0.780. The first-order chi connectivity index (χ1) is 12.2. The Hall–Kier alpha value is -2.87. The Morgan fingerprint density at radius 1 is 1.12 bits per heavy atom. The number of sulfonamides is 1. The highest BCUT2D eigenvalue weighted by Gasteiger charge is 2.21. The number of rotatable bonds is 6. The van der Waals surface area contributed by atoms with Gasteiger partial charge in [0.2, 0.25) is 15.9 Å². The summed E-state index contributed by atoms with van der Waals surface area (Å²) in [6, 6.07) is 13.1. The number of para-hydroxylation sites is 1. The number of ether oxygens (including phenoxy) is 1. The second-order valence-electron chi connectivity index (χ2n) is 5.67. The van der Waals surface area contributed by atoms with Crippen molar-refractivity contribution in [1.29, 1.82) is 0 Å². The predicted molar refractivity (Wildman–Crippen MR) is 99.8 cm³/mol. The van der Waals surface area contributed by atoms with Crippen LogP contribution >= 0.6 is 0 Å². The topological polar surface area (TPSA) is 92.8 Å². The SMILES string of the molecule is COC(=O)c1ccc(C)c(NC(=O)CN(c2ccccc2)S(C)(=O)=O)c1. The number of esters is 1. The smallest absolute Gasteiger partial charge is 0.337 e. The summed E-state index contributed by atoms with van der Waals surface area (Å²) in [6.07, 6.45) is 1.04. The van der Waals surface area contributed by atoms with Gasteiger partial charge in [0.25, 0.3) is 0 Å². The van der Waals surface area contributed by atoms with E-state index in [-0.39, 0.29) is 12.1 Å². The van der Waals surface area contributed by atoms with Crippen molar-refractivity contribution >= 4 is 33.3 Å². The van der Waals surface area contributed by atoms with Crippen LogP contribution in [0.4, 0.5) is 11.4 Å². The van der Waals surface area contributed by atoms with Crippen molar-refractivity contribution in [3.63, 3.8) is 0 Å². The van der Waals surface area contributed by atoms with Gasteiger partial charge in [-0.25, -0.2) is 13.2 Å². The average Bonchev–Trinajstić information content (AvgIpc) is 2.60. The maximum Gasteiger partial charge on any atom is 0.337 e. The number of hydrogen-bond acceptors (Lipinski definition) is 5. The van der Waals surface area contributed by atoms with Crippen molar-refractivity contribution in [3.8, 4) is 0 Å². The molecule has 0 aliphatic heterocycles. The minimum absolute atomic E-state index is 0.288. The molecule has 138 valence electrons. The zero-order chi connectivity index (χ0) is 19.3. The van der Waals surface area contributed by atoms with E-state index in [1.807, 2.05) is 0 Å². The number of benzene rings is 2. The molecule has 0 aliphatic rings. The van der Waals surface area contributed by atoms with E-state index in [9.17, 15) is 18.0 Å². The minimum atomic E-state index is -3.64. The Morgan fingerprint density at radius 2 is 1.77 bits per heavy atom. The molecule has 0 heterocycles. The fourth-order valence-electron chi connectivity index (χ4n) is 2.32. The van der Waals surface area contributed by atoms with Gasteiger partial charge in [0.15, 0.2) is 0 Å². The van der Waals surface area contributed by atoms with Gasteiger partial charge in [-0.2, -0.15) is 0 Å². The molecule has 2 rings (SSSR count). The summed E-state index contributed by atoms with van der Waals surface area (Å²) in [5.41, 5.74) is 1.83. The molecule has 0 unspecified atom stereocenters. The van der Waals surface area contributed by atoms with Gasteiger partial charge in [-0.05, 0) is 36.8 Å². The Balaban J connectivity index is 2.23. The third-order valence-corrected chi connectivity index (χ3v) is 4.81. The number of hydrogen-bond donors (Lipinski definition) is 1. The van der Waals surface area contributed by atoms with Gasteiger partial charge in [0.1, 0.15) is 6.54 Å². The van der Waals surface area contributed by atoms with E-state index < -0.39 is 21.9 Å². The number of nitrogens with one attached hydrogen (secondary N) is 1. The molecule has 0 radical (unpaired) electrons. The molecule has 0 saturated heterocycles. The maximum absolute atomic E-state index is 12.4. The van der Waals surface area contributed by atoms with E-state index in [2.05, 4.69) is 10.1 Å². The molecule has 0 aliphatic carbocycles. The third kappa shape index (κ3) is 4.82. The standard InChI is InChI=1S/C18H20N2O5S/c1-13-9-10-14(18(22)25-2)11-16(13)19-17(21)12-20(26(3,23)24)15-7-5-4-6-8-15/h4-11H,12H2,1-3H3,(H,19,21). The van der Waals surface area contributed by atoms with Crippen LogP contribution in [0.5, 0.6) is 0 Å². The second kappa shape index (κ2) is 8.01. The molecule has 2 aromatic rings. The molecule has 0 bridgehead atoms. The first-order valence-electron chi connectivity index (χ1n) is 7.74. The fourth-order valence-corrected chi connectivity index (χ4v) is 3.17. The first-order valence-corrected chi connectivity index (χ1v) is 9.59. The van der Waals surface area contributed by atoms with Crippen LogP contribution in [-0.2, 0) is 19.6 Å². The number of carbonyl (C=O) groups excluding carboxylic acids is 2. The molecule has 0 spiro atoms. The fraction of sp³-hybridized carbons (Fsp3) is 0.222. The zero-order valence-corrected chi connectivity index (χ0v) is 15.5. The van der Waals surface area contributed by atoms with E-state index >= 15 is 0 Å². The molecular formula is C18H20N2O5S. The van der Waals surface area contributed by atoms with Crippen molar-refractivity contribution in [3.05, 3.63) is 59.7 Å². The summed E-state index contributed by atoms with van der Waals surface area (Å²) in [4.78, 5) is 24.0. The predicted octanol–water partition coefficient (Wildman–Crippen LogP) is 2.19. The van der Waals surface area contributed by atoms with Gasteiger partial charge in [0, 0.05) is 5.69 Å². The minimum Gasteiger partial charge on any atom is -0.465 e. The van der Waals surface area contributed by atoms with Crippen LogP contribution < -0.4 is 9.62 Å². The van der Waals surface area contributed by atoms with Gasteiger partial charge in [-0.3, -0.25) is 9.10 Å². The van der Waals surface area contributed by atoms with Crippen LogP contribution in [0, 0.1) is 6.92 Å². The van der Waals surface area contributed by atoms with E-state index in [4.69, 9.17) is 0 Å². The summed E-state index contributed by atoms with van der Waals surface area (Å²) in [5, 5.41) is 2.65. The van der Waals surface area contributed by atoms with Crippen molar-refractivity contribution in [2.24, 2.45) is 0 Å². The lowest BCUT2D eigenvalue weighted by Gasteiger charge is -2.22. The number of anilines is 2. The van der Waals surface area contributed by atoms with E-state index in [0.717, 1.165) is 16.1 Å². The highest BCUT2D eigenvalue weighted by Crippen LogP contribution is 2.19. The average molecular weight is 376 g/mol. The molecule has 1 N–H and O–H groups in total. The van der Waals surface area contributed by atoms with Crippen molar-refractivity contribution in [1.82, 2.24) is 0 Å². The van der Waals surface area contributed by atoms with Crippen LogP contribution in [0.15, 0.2) is 48.5 Å². The van der Waals surface area contributed by atoms with Gasteiger partial charge in [0.05, 0.1) is 24.6 Å². The third-order valence-electron chi connectivity index (χ3n) is 3.66. The monoisotopic (exact) mass is 376 g/mol. The lowest BCUT2D eigenvalue weighted by molar-refractivity contribution is -0.114.